The molecule has 1 saturated heterocycles. The van der Waals surface area contributed by atoms with E-state index in [0.29, 0.717) is 48.9 Å². The molecule has 2 aromatic heterocycles. The maximum Gasteiger partial charge on any atom is 0.411 e. The number of benzene rings is 1. The molecule has 182 valence electrons. The minimum absolute atomic E-state index is 0.170. The van der Waals surface area contributed by atoms with Crippen molar-refractivity contribution in [1.82, 2.24) is 24.5 Å². The van der Waals surface area contributed by atoms with Gasteiger partial charge in [0.15, 0.2) is 0 Å². The lowest BCUT2D eigenvalue weighted by Crippen LogP contribution is -2.40. The van der Waals surface area contributed by atoms with E-state index in [9.17, 15) is 18.7 Å². The third kappa shape index (κ3) is 6.44. The third-order valence-electron chi connectivity index (χ3n) is 5.49. The molecule has 34 heavy (non-hydrogen) atoms. The Labute approximate surface area is 198 Å². The molecule has 1 aliphatic heterocycles. The van der Waals surface area contributed by atoms with E-state index in [2.05, 4.69) is 15.5 Å². The van der Waals surface area contributed by atoms with Gasteiger partial charge in [0.25, 0.3) is 0 Å². The first-order valence-electron chi connectivity index (χ1n) is 10.8. The SMILES string of the molecule is Cn1cc(-n2ccc(=O)c(Cc3cccc(NC(=O)OCCN4CCS(O)(O)CC4)c3)n2)cn1. The number of hydrogen-bond donors (Lipinski definition) is 3. The molecular weight excluding hydrogens is 460 g/mol. The molecule has 3 aromatic rings. The van der Waals surface area contributed by atoms with Gasteiger partial charge in [-0.15, -0.1) is 0 Å². The van der Waals surface area contributed by atoms with Gasteiger partial charge in [0, 0.05) is 51.1 Å². The zero-order valence-corrected chi connectivity index (χ0v) is 19.6. The van der Waals surface area contributed by atoms with E-state index < -0.39 is 16.7 Å². The molecule has 0 saturated carbocycles. The van der Waals surface area contributed by atoms with E-state index in [4.69, 9.17) is 4.74 Å². The average Bonchev–Trinajstić information content (AvgIpc) is 3.23. The molecule has 11 nitrogen and oxygen atoms in total. The lowest BCUT2D eigenvalue weighted by atomic mass is 10.1. The Kier molecular flexibility index (Phi) is 7.32. The van der Waals surface area contributed by atoms with Gasteiger partial charge in [-0.05, 0) is 17.7 Å². The fraction of sp³-hybridized carbons (Fsp3) is 0.364. The van der Waals surface area contributed by atoms with Gasteiger partial charge in [0.05, 0.1) is 23.9 Å². The van der Waals surface area contributed by atoms with Crippen LogP contribution in [0.4, 0.5) is 10.5 Å². The van der Waals surface area contributed by atoms with E-state index in [1.165, 1.54) is 6.07 Å². The van der Waals surface area contributed by atoms with Crippen LogP contribution in [0.1, 0.15) is 11.3 Å². The number of nitrogens with zero attached hydrogens (tertiary/aromatic N) is 5. The van der Waals surface area contributed by atoms with Crippen molar-refractivity contribution in [1.29, 1.82) is 0 Å². The summed E-state index contributed by atoms with van der Waals surface area (Å²) in [6.07, 6.45) is 4.80. The molecule has 0 bridgehead atoms. The number of rotatable bonds is 7. The fourth-order valence-electron chi connectivity index (χ4n) is 3.60. The number of carbonyl (C=O) groups is 1. The maximum absolute atomic E-state index is 12.3. The van der Waals surface area contributed by atoms with Crippen LogP contribution in [0.3, 0.4) is 0 Å². The summed E-state index contributed by atoms with van der Waals surface area (Å²) in [5.41, 5.74) is 2.33. The van der Waals surface area contributed by atoms with E-state index >= 15 is 0 Å². The van der Waals surface area contributed by atoms with Crippen molar-refractivity contribution in [2.24, 2.45) is 7.05 Å². The zero-order chi connectivity index (χ0) is 24.1. The summed E-state index contributed by atoms with van der Waals surface area (Å²) in [7, 11) is -0.627. The van der Waals surface area contributed by atoms with Crippen molar-refractivity contribution in [3.63, 3.8) is 0 Å². The molecule has 4 rings (SSSR count). The first-order valence-corrected chi connectivity index (χ1v) is 12.7. The Morgan fingerprint density at radius 3 is 2.76 bits per heavy atom. The van der Waals surface area contributed by atoms with Crippen LogP contribution in [0, 0.1) is 0 Å². The topological polar surface area (TPSA) is 135 Å². The number of carbonyl (C=O) groups excluding carboxylic acids is 1. The van der Waals surface area contributed by atoms with Crippen molar-refractivity contribution >= 4 is 22.4 Å². The van der Waals surface area contributed by atoms with E-state index in [1.54, 1.807) is 53.2 Å². The Morgan fingerprint density at radius 2 is 2.03 bits per heavy atom. The molecule has 0 atom stereocenters. The number of hydrogen-bond acceptors (Lipinski definition) is 8. The number of nitrogens with one attached hydrogen (secondary N) is 1. The monoisotopic (exact) mass is 488 g/mol. The van der Waals surface area contributed by atoms with E-state index in [1.807, 2.05) is 11.0 Å². The van der Waals surface area contributed by atoms with Gasteiger partial charge in [0.2, 0.25) is 5.43 Å². The van der Waals surface area contributed by atoms with Crippen molar-refractivity contribution in [2.45, 2.75) is 6.42 Å². The van der Waals surface area contributed by atoms with Crippen LogP contribution < -0.4 is 10.7 Å². The van der Waals surface area contributed by atoms with Crippen LogP contribution in [0.5, 0.6) is 0 Å². The van der Waals surface area contributed by atoms with Gasteiger partial charge >= 0.3 is 6.09 Å². The number of anilines is 1. The van der Waals surface area contributed by atoms with Crippen LogP contribution in [-0.4, -0.2) is 77.4 Å². The molecule has 1 aliphatic rings. The second-order valence-electron chi connectivity index (χ2n) is 8.13. The molecule has 0 spiro atoms. The molecule has 1 amide bonds. The van der Waals surface area contributed by atoms with Crippen LogP contribution in [0.25, 0.3) is 5.69 Å². The van der Waals surface area contributed by atoms with Crippen molar-refractivity contribution in [3.05, 3.63) is 70.4 Å². The van der Waals surface area contributed by atoms with Crippen molar-refractivity contribution in [3.8, 4) is 5.69 Å². The number of ether oxygens (including phenoxy) is 1. The molecular formula is C22H28N6O5S. The lowest BCUT2D eigenvalue weighted by Gasteiger charge is -2.40. The summed E-state index contributed by atoms with van der Waals surface area (Å²) in [5, 5.41) is 11.3. The van der Waals surface area contributed by atoms with Crippen molar-refractivity contribution in [2.75, 3.05) is 43.1 Å². The van der Waals surface area contributed by atoms with Crippen molar-refractivity contribution < 1.29 is 18.6 Å². The minimum atomic E-state index is -2.43. The highest BCUT2D eigenvalue weighted by atomic mass is 32.3. The summed E-state index contributed by atoms with van der Waals surface area (Å²) in [5.74, 6) is 0.713. The van der Waals surface area contributed by atoms with Crippen LogP contribution >= 0.6 is 10.6 Å². The summed E-state index contributed by atoms with van der Waals surface area (Å²) in [6, 6.07) is 8.64. The number of amides is 1. The van der Waals surface area contributed by atoms with Gasteiger partial charge in [-0.2, -0.15) is 20.8 Å². The van der Waals surface area contributed by atoms with E-state index in [0.717, 1.165) is 11.3 Å². The summed E-state index contributed by atoms with van der Waals surface area (Å²) in [6.45, 7) is 1.88. The third-order valence-corrected chi connectivity index (χ3v) is 7.16. The normalized spacial score (nSPS) is 16.7. The molecule has 0 unspecified atom stereocenters. The minimum Gasteiger partial charge on any atom is -0.448 e. The first kappa shape index (κ1) is 24.0. The second kappa shape index (κ2) is 10.4. The number of aryl methyl sites for hydroxylation is 1. The highest BCUT2D eigenvalue weighted by molar-refractivity contribution is 8.24. The summed E-state index contributed by atoms with van der Waals surface area (Å²) < 4.78 is 27.8. The van der Waals surface area contributed by atoms with Gasteiger partial charge in [-0.1, -0.05) is 12.1 Å². The predicted molar refractivity (Wildman–Crippen MR) is 130 cm³/mol. The standard InChI is InChI=1S/C22H28N6O5S/c1-26-16-19(15-23-26)28-6-5-21(29)20(25-28)14-17-3-2-4-18(13-17)24-22(30)33-10-7-27-8-11-34(31,32)12-9-27/h2-6,13,15-16,31-32H,7-12,14H2,1H3,(H,24,30). The predicted octanol–water partition coefficient (Wildman–Crippen LogP) is 2.17. The van der Waals surface area contributed by atoms with Gasteiger partial charge in [-0.3, -0.25) is 28.8 Å². The van der Waals surface area contributed by atoms with Crippen LogP contribution in [0.15, 0.2) is 53.7 Å². The Morgan fingerprint density at radius 1 is 1.24 bits per heavy atom. The van der Waals surface area contributed by atoms with Gasteiger partial charge in [-0.25, -0.2) is 9.48 Å². The Hall–Kier alpha value is -3.19. The van der Waals surface area contributed by atoms with E-state index in [-0.39, 0.29) is 12.0 Å². The first-order chi connectivity index (χ1) is 16.3. The van der Waals surface area contributed by atoms with Gasteiger partial charge in [0.1, 0.15) is 18.0 Å². The largest absolute Gasteiger partial charge is 0.448 e. The van der Waals surface area contributed by atoms with Crippen LogP contribution in [-0.2, 0) is 18.2 Å². The molecule has 0 aliphatic carbocycles. The molecule has 3 heterocycles. The Balaban J connectivity index is 1.32. The Bertz CT molecular complexity index is 1200. The molecule has 1 aromatic carbocycles. The summed E-state index contributed by atoms with van der Waals surface area (Å²) in [4.78, 5) is 26.6. The molecule has 12 heteroatoms. The fourth-order valence-corrected chi connectivity index (χ4v) is 4.91. The van der Waals surface area contributed by atoms with Gasteiger partial charge < -0.3 is 4.74 Å². The molecule has 0 radical (unpaired) electrons. The maximum atomic E-state index is 12.3. The number of aromatic nitrogens is 4. The molecule has 1 fully saturated rings. The lowest BCUT2D eigenvalue weighted by molar-refractivity contribution is 0.141. The highest BCUT2D eigenvalue weighted by Gasteiger charge is 2.22. The average molecular weight is 489 g/mol. The second-order valence-corrected chi connectivity index (χ2v) is 10.6. The quantitative estimate of drug-likeness (QED) is 0.461. The molecule has 3 N–H and O–H groups in total. The zero-order valence-electron chi connectivity index (χ0n) is 18.8. The van der Waals surface area contributed by atoms with Crippen LogP contribution in [0.2, 0.25) is 0 Å². The smallest absolute Gasteiger partial charge is 0.411 e. The highest BCUT2D eigenvalue weighted by Crippen LogP contribution is 2.40. The summed E-state index contributed by atoms with van der Waals surface area (Å²) >= 11 is 0.